The summed E-state index contributed by atoms with van der Waals surface area (Å²) in [7, 11) is 0. The fraction of sp³-hybridized carbons (Fsp3) is 1.00. The SMILES string of the molecule is CC1(C)CC1CNCC1CCC2(CCCC2)O1. The van der Waals surface area contributed by atoms with E-state index in [9.17, 15) is 0 Å². The highest BCUT2D eigenvalue weighted by Crippen LogP contribution is 2.51. The molecule has 3 fully saturated rings. The summed E-state index contributed by atoms with van der Waals surface area (Å²) >= 11 is 0. The Kier molecular flexibility index (Phi) is 2.99. The van der Waals surface area contributed by atoms with Crippen LogP contribution in [0.25, 0.3) is 0 Å². The molecular formula is C15H27NO. The van der Waals surface area contributed by atoms with Gasteiger partial charge < -0.3 is 10.1 Å². The first kappa shape index (κ1) is 12.0. The molecule has 2 nitrogen and oxygen atoms in total. The maximum atomic E-state index is 6.30. The molecule has 98 valence electrons. The van der Waals surface area contributed by atoms with Crippen molar-refractivity contribution < 1.29 is 4.74 Å². The van der Waals surface area contributed by atoms with Gasteiger partial charge in [0, 0.05) is 6.54 Å². The third kappa shape index (κ3) is 2.53. The molecule has 0 radical (unpaired) electrons. The Morgan fingerprint density at radius 1 is 1.12 bits per heavy atom. The predicted molar refractivity (Wildman–Crippen MR) is 70.1 cm³/mol. The van der Waals surface area contributed by atoms with Crippen LogP contribution in [-0.4, -0.2) is 24.8 Å². The molecule has 17 heavy (non-hydrogen) atoms. The smallest absolute Gasteiger partial charge is 0.0708 e. The molecule has 0 amide bonds. The van der Waals surface area contributed by atoms with Crippen LogP contribution in [0, 0.1) is 11.3 Å². The van der Waals surface area contributed by atoms with Gasteiger partial charge in [0.1, 0.15) is 0 Å². The second-order valence-electron chi connectivity index (χ2n) is 7.22. The molecule has 0 aromatic rings. The quantitative estimate of drug-likeness (QED) is 0.811. The Morgan fingerprint density at radius 3 is 2.47 bits per heavy atom. The van der Waals surface area contributed by atoms with Crippen LogP contribution in [-0.2, 0) is 4.74 Å². The zero-order valence-corrected chi connectivity index (χ0v) is 11.4. The van der Waals surface area contributed by atoms with Crippen LogP contribution >= 0.6 is 0 Å². The highest BCUT2D eigenvalue weighted by Gasteiger charge is 2.45. The molecule has 0 aromatic heterocycles. The molecule has 1 aliphatic heterocycles. The zero-order chi connectivity index (χ0) is 11.9. The first-order valence-electron chi connectivity index (χ1n) is 7.48. The van der Waals surface area contributed by atoms with Gasteiger partial charge in [-0.05, 0) is 50.0 Å². The summed E-state index contributed by atoms with van der Waals surface area (Å²) in [5.41, 5.74) is 0.918. The highest BCUT2D eigenvalue weighted by molar-refractivity contribution is 4.97. The van der Waals surface area contributed by atoms with Crippen molar-refractivity contribution in [1.82, 2.24) is 5.32 Å². The van der Waals surface area contributed by atoms with E-state index in [0.29, 0.717) is 17.1 Å². The van der Waals surface area contributed by atoms with Gasteiger partial charge in [-0.2, -0.15) is 0 Å². The van der Waals surface area contributed by atoms with Crippen molar-refractivity contribution >= 4 is 0 Å². The molecule has 1 N–H and O–H groups in total. The summed E-state index contributed by atoms with van der Waals surface area (Å²) in [4.78, 5) is 0. The van der Waals surface area contributed by atoms with E-state index in [1.165, 1.54) is 51.5 Å². The van der Waals surface area contributed by atoms with Gasteiger partial charge in [-0.1, -0.05) is 26.7 Å². The van der Waals surface area contributed by atoms with Crippen molar-refractivity contribution in [3.05, 3.63) is 0 Å². The van der Waals surface area contributed by atoms with Gasteiger partial charge in [-0.15, -0.1) is 0 Å². The number of rotatable bonds is 4. The molecule has 2 unspecified atom stereocenters. The molecule has 1 heterocycles. The fourth-order valence-corrected chi connectivity index (χ4v) is 3.77. The number of nitrogens with one attached hydrogen (secondary N) is 1. The lowest BCUT2D eigenvalue weighted by atomic mass is 9.98. The number of ether oxygens (including phenoxy) is 1. The fourth-order valence-electron chi connectivity index (χ4n) is 3.77. The van der Waals surface area contributed by atoms with Gasteiger partial charge in [0.05, 0.1) is 11.7 Å². The topological polar surface area (TPSA) is 21.3 Å². The molecule has 2 atom stereocenters. The Morgan fingerprint density at radius 2 is 1.82 bits per heavy atom. The summed E-state index contributed by atoms with van der Waals surface area (Å²) in [5.74, 6) is 0.907. The minimum atomic E-state index is 0.311. The third-order valence-corrected chi connectivity index (χ3v) is 5.33. The van der Waals surface area contributed by atoms with Crippen LogP contribution in [0.4, 0.5) is 0 Å². The van der Waals surface area contributed by atoms with Crippen molar-refractivity contribution in [2.75, 3.05) is 13.1 Å². The van der Waals surface area contributed by atoms with Gasteiger partial charge in [0.15, 0.2) is 0 Å². The first-order chi connectivity index (χ1) is 8.10. The summed E-state index contributed by atoms with van der Waals surface area (Å²) in [5, 5.41) is 3.63. The van der Waals surface area contributed by atoms with E-state index in [-0.39, 0.29) is 0 Å². The molecule has 2 aliphatic carbocycles. The van der Waals surface area contributed by atoms with Crippen LogP contribution in [0.3, 0.4) is 0 Å². The molecular weight excluding hydrogens is 210 g/mol. The predicted octanol–water partition coefficient (Wildman–Crippen LogP) is 3.11. The third-order valence-electron chi connectivity index (χ3n) is 5.33. The van der Waals surface area contributed by atoms with E-state index < -0.39 is 0 Å². The maximum Gasteiger partial charge on any atom is 0.0708 e. The number of hydrogen-bond acceptors (Lipinski definition) is 2. The lowest BCUT2D eigenvalue weighted by molar-refractivity contribution is -0.0351. The summed E-state index contributed by atoms with van der Waals surface area (Å²) in [6, 6.07) is 0. The van der Waals surface area contributed by atoms with Crippen LogP contribution < -0.4 is 5.32 Å². The molecule has 2 saturated carbocycles. The Balaban J connectivity index is 1.37. The van der Waals surface area contributed by atoms with E-state index in [2.05, 4.69) is 19.2 Å². The second kappa shape index (κ2) is 4.24. The first-order valence-corrected chi connectivity index (χ1v) is 7.48. The van der Waals surface area contributed by atoms with Crippen LogP contribution in [0.5, 0.6) is 0 Å². The van der Waals surface area contributed by atoms with Crippen molar-refractivity contribution in [3.63, 3.8) is 0 Å². The average molecular weight is 237 g/mol. The van der Waals surface area contributed by atoms with E-state index in [0.717, 1.165) is 12.5 Å². The van der Waals surface area contributed by atoms with Crippen LogP contribution in [0.15, 0.2) is 0 Å². The Labute approximate surface area is 105 Å². The minimum absolute atomic E-state index is 0.311. The molecule has 3 aliphatic rings. The van der Waals surface area contributed by atoms with E-state index in [4.69, 9.17) is 4.74 Å². The van der Waals surface area contributed by atoms with Crippen molar-refractivity contribution in [1.29, 1.82) is 0 Å². The van der Waals surface area contributed by atoms with E-state index in [1.807, 2.05) is 0 Å². The molecule has 3 rings (SSSR count). The largest absolute Gasteiger partial charge is 0.370 e. The lowest BCUT2D eigenvalue weighted by Crippen LogP contribution is -2.32. The van der Waals surface area contributed by atoms with Gasteiger partial charge in [-0.3, -0.25) is 0 Å². The van der Waals surface area contributed by atoms with E-state index >= 15 is 0 Å². The lowest BCUT2D eigenvalue weighted by Gasteiger charge is -2.24. The van der Waals surface area contributed by atoms with Crippen LogP contribution in [0.2, 0.25) is 0 Å². The standard InChI is InChI=1S/C15H27NO/c1-14(2)9-12(14)10-16-11-13-5-8-15(17-13)6-3-4-7-15/h12-13,16H,3-11H2,1-2H3. The van der Waals surface area contributed by atoms with Gasteiger partial charge in [0.2, 0.25) is 0 Å². The van der Waals surface area contributed by atoms with Crippen molar-refractivity contribution in [3.8, 4) is 0 Å². The summed E-state index contributed by atoms with van der Waals surface area (Å²) < 4.78 is 6.30. The second-order valence-corrected chi connectivity index (χ2v) is 7.22. The monoisotopic (exact) mass is 237 g/mol. The highest BCUT2D eigenvalue weighted by atomic mass is 16.5. The van der Waals surface area contributed by atoms with Crippen molar-refractivity contribution in [2.45, 2.75) is 70.5 Å². The van der Waals surface area contributed by atoms with Crippen molar-refractivity contribution in [2.24, 2.45) is 11.3 Å². The zero-order valence-electron chi connectivity index (χ0n) is 11.4. The Hall–Kier alpha value is -0.0800. The van der Waals surface area contributed by atoms with Gasteiger partial charge >= 0.3 is 0 Å². The molecule has 1 spiro atoms. The number of hydrogen-bond donors (Lipinski definition) is 1. The minimum Gasteiger partial charge on any atom is -0.370 e. The summed E-state index contributed by atoms with van der Waals surface area (Å²) in [6.45, 7) is 7.02. The van der Waals surface area contributed by atoms with Gasteiger partial charge in [0.25, 0.3) is 0 Å². The summed E-state index contributed by atoms with van der Waals surface area (Å²) in [6.07, 6.45) is 9.89. The normalized spacial score (nSPS) is 37.8. The maximum absolute atomic E-state index is 6.30. The van der Waals surface area contributed by atoms with E-state index in [1.54, 1.807) is 0 Å². The molecule has 0 aromatic carbocycles. The molecule has 0 bridgehead atoms. The average Bonchev–Trinajstić information content (AvgIpc) is 2.74. The molecule has 1 saturated heterocycles. The van der Waals surface area contributed by atoms with Crippen LogP contribution in [0.1, 0.15) is 58.8 Å². The molecule has 2 heteroatoms. The Bertz CT molecular complexity index is 281. The van der Waals surface area contributed by atoms with Gasteiger partial charge in [-0.25, -0.2) is 0 Å².